The van der Waals surface area contributed by atoms with Crippen LogP contribution >= 0.6 is 0 Å². The number of carbonyl (C=O) groups is 2. The maximum atomic E-state index is 13.1. The minimum atomic E-state index is -3.79. The van der Waals surface area contributed by atoms with Crippen molar-refractivity contribution in [3.05, 3.63) is 42.5 Å². The van der Waals surface area contributed by atoms with Gasteiger partial charge in [0.15, 0.2) is 12.7 Å². The molecule has 2 aromatic carbocycles. The molecule has 0 aliphatic carbocycles. The molecular formula is C22H25N3O7S. The molecule has 2 aliphatic rings. The molecule has 10 nitrogen and oxygen atoms in total. The molecule has 1 N–H and O–H groups in total. The predicted octanol–water partition coefficient (Wildman–Crippen LogP) is 1.33. The molecule has 2 heterocycles. The van der Waals surface area contributed by atoms with Gasteiger partial charge < -0.3 is 24.4 Å². The van der Waals surface area contributed by atoms with E-state index in [1.807, 2.05) is 0 Å². The van der Waals surface area contributed by atoms with Crippen LogP contribution in [0, 0.1) is 0 Å². The summed E-state index contributed by atoms with van der Waals surface area (Å²) in [6.45, 7) is 2.31. The van der Waals surface area contributed by atoms with Gasteiger partial charge in [-0.05, 0) is 49.4 Å². The maximum Gasteiger partial charge on any atom is 0.265 e. The van der Waals surface area contributed by atoms with Gasteiger partial charge in [0.2, 0.25) is 10.0 Å². The van der Waals surface area contributed by atoms with E-state index in [2.05, 4.69) is 5.32 Å². The van der Waals surface area contributed by atoms with E-state index >= 15 is 0 Å². The second-order valence-electron chi connectivity index (χ2n) is 7.66. The van der Waals surface area contributed by atoms with Gasteiger partial charge in [0.25, 0.3) is 11.8 Å². The second kappa shape index (κ2) is 9.28. The summed E-state index contributed by atoms with van der Waals surface area (Å²) >= 11 is 0. The highest BCUT2D eigenvalue weighted by Crippen LogP contribution is 2.33. The van der Waals surface area contributed by atoms with E-state index in [-0.39, 0.29) is 49.5 Å². The standard InChI is InChI=1S/C22H25N3O7S/c1-15-22(27)23-19-13-18(7-8-20(19)32-15)33(28,29)25-11-9-24(10-12-25)21(26)14-31-17-5-3-16(30-2)4-6-17/h3-8,13,15H,9-12,14H2,1-2H3,(H,23,27)/t15-/m0/s1. The topological polar surface area (TPSA) is 114 Å². The number of hydrogen-bond acceptors (Lipinski definition) is 7. The van der Waals surface area contributed by atoms with Gasteiger partial charge in [0.05, 0.1) is 17.7 Å². The average Bonchev–Trinajstić information content (AvgIpc) is 2.83. The van der Waals surface area contributed by atoms with E-state index in [9.17, 15) is 18.0 Å². The van der Waals surface area contributed by atoms with Crippen molar-refractivity contribution in [2.45, 2.75) is 17.9 Å². The number of benzene rings is 2. The molecule has 4 rings (SSSR count). The van der Waals surface area contributed by atoms with E-state index in [4.69, 9.17) is 14.2 Å². The second-order valence-corrected chi connectivity index (χ2v) is 9.59. The largest absolute Gasteiger partial charge is 0.497 e. The van der Waals surface area contributed by atoms with Gasteiger partial charge in [0, 0.05) is 26.2 Å². The van der Waals surface area contributed by atoms with Crippen LogP contribution in [0.3, 0.4) is 0 Å². The molecule has 2 aromatic rings. The Labute approximate surface area is 192 Å². The maximum absolute atomic E-state index is 13.1. The molecule has 11 heteroatoms. The van der Waals surface area contributed by atoms with Crippen molar-refractivity contribution in [1.82, 2.24) is 9.21 Å². The van der Waals surface area contributed by atoms with Crippen LogP contribution in [0.2, 0.25) is 0 Å². The third-order valence-corrected chi connectivity index (χ3v) is 7.43. The number of piperazine rings is 1. The molecule has 1 fully saturated rings. The lowest BCUT2D eigenvalue weighted by Gasteiger charge is -2.34. The zero-order valence-electron chi connectivity index (χ0n) is 18.3. The zero-order valence-corrected chi connectivity index (χ0v) is 19.1. The van der Waals surface area contributed by atoms with Gasteiger partial charge in [-0.1, -0.05) is 0 Å². The van der Waals surface area contributed by atoms with Crippen LogP contribution in [-0.4, -0.2) is 75.4 Å². The first-order valence-corrected chi connectivity index (χ1v) is 11.9. The Morgan fingerprint density at radius 1 is 1.09 bits per heavy atom. The van der Waals surface area contributed by atoms with E-state index in [1.165, 1.54) is 22.5 Å². The van der Waals surface area contributed by atoms with Crippen LogP contribution in [0.1, 0.15) is 6.92 Å². The van der Waals surface area contributed by atoms with Gasteiger partial charge in [0.1, 0.15) is 17.2 Å². The zero-order chi connectivity index (χ0) is 23.6. The Morgan fingerprint density at radius 2 is 1.76 bits per heavy atom. The first-order chi connectivity index (χ1) is 15.8. The molecule has 0 bridgehead atoms. The molecular weight excluding hydrogens is 450 g/mol. The number of fused-ring (bicyclic) bond motifs is 1. The number of carbonyl (C=O) groups excluding carboxylic acids is 2. The van der Waals surface area contributed by atoms with Crippen LogP contribution in [-0.2, 0) is 19.6 Å². The lowest BCUT2D eigenvalue weighted by Crippen LogP contribution is -2.51. The highest BCUT2D eigenvalue weighted by molar-refractivity contribution is 7.89. The lowest BCUT2D eigenvalue weighted by atomic mass is 10.2. The van der Waals surface area contributed by atoms with Crippen LogP contribution < -0.4 is 19.5 Å². The number of amides is 2. The Kier molecular flexibility index (Phi) is 6.43. The predicted molar refractivity (Wildman–Crippen MR) is 119 cm³/mol. The van der Waals surface area contributed by atoms with E-state index in [0.29, 0.717) is 22.9 Å². The molecule has 1 saturated heterocycles. The Bertz CT molecular complexity index is 1140. The number of hydrogen-bond donors (Lipinski definition) is 1. The van der Waals surface area contributed by atoms with Crippen molar-refractivity contribution in [3.63, 3.8) is 0 Å². The minimum absolute atomic E-state index is 0.0577. The summed E-state index contributed by atoms with van der Waals surface area (Å²) in [5.41, 5.74) is 0.323. The van der Waals surface area contributed by atoms with Gasteiger partial charge in [-0.3, -0.25) is 9.59 Å². The molecule has 0 spiro atoms. The SMILES string of the molecule is COc1ccc(OCC(=O)N2CCN(S(=O)(=O)c3ccc4c(c3)NC(=O)[C@H](C)O4)CC2)cc1. The first kappa shape index (κ1) is 22.9. The van der Waals surface area contributed by atoms with Crippen LogP contribution in [0.15, 0.2) is 47.4 Å². The van der Waals surface area contributed by atoms with Crippen molar-refractivity contribution in [2.75, 3.05) is 45.2 Å². The Morgan fingerprint density at radius 3 is 2.42 bits per heavy atom. The number of anilines is 1. The monoisotopic (exact) mass is 475 g/mol. The summed E-state index contributed by atoms with van der Waals surface area (Å²) < 4.78 is 43.6. The summed E-state index contributed by atoms with van der Waals surface area (Å²) in [7, 11) is -2.23. The van der Waals surface area contributed by atoms with E-state index in [1.54, 1.807) is 43.2 Å². The van der Waals surface area contributed by atoms with Crippen molar-refractivity contribution in [2.24, 2.45) is 0 Å². The number of nitrogens with zero attached hydrogens (tertiary/aromatic N) is 2. The number of nitrogens with one attached hydrogen (secondary N) is 1. The Balaban J connectivity index is 1.34. The van der Waals surface area contributed by atoms with Crippen LogP contribution in [0.4, 0.5) is 5.69 Å². The summed E-state index contributed by atoms with van der Waals surface area (Å²) in [6.07, 6.45) is -0.640. The fraction of sp³-hybridized carbons (Fsp3) is 0.364. The van der Waals surface area contributed by atoms with Gasteiger partial charge in [-0.25, -0.2) is 8.42 Å². The summed E-state index contributed by atoms with van der Waals surface area (Å²) in [5.74, 6) is 1.11. The number of sulfonamides is 1. The molecule has 0 saturated carbocycles. The van der Waals surface area contributed by atoms with Crippen molar-refractivity contribution < 1.29 is 32.2 Å². The van der Waals surface area contributed by atoms with Gasteiger partial charge in [-0.15, -0.1) is 0 Å². The molecule has 2 amide bonds. The third kappa shape index (κ3) is 4.88. The van der Waals surface area contributed by atoms with Crippen LogP contribution in [0.25, 0.3) is 0 Å². The Hall–Kier alpha value is -3.31. The quantitative estimate of drug-likeness (QED) is 0.670. The first-order valence-electron chi connectivity index (χ1n) is 10.4. The van der Waals surface area contributed by atoms with Gasteiger partial charge in [-0.2, -0.15) is 4.31 Å². The number of rotatable bonds is 6. The fourth-order valence-electron chi connectivity index (χ4n) is 3.58. The average molecular weight is 476 g/mol. The normalized spacial score (nSPS) is 18.7. The van der Waals surface area contributed by atoms with Crippen molar-refractivity contribution >= 4 is 27.5 Å². The summed E-state index contributed by atoms with van der Waals surface area (Å²) in [6, 6.07) is 11.3. The molecule has 0 unspecified atom stereocenters. The van der Waals surface area contributed by atoms with E-state index < -0.39 is 16.1 Å². The summed E-state index contributed by atoms with van der Waals surface area (Å²) in [5, 5.41) is 2.66. The highest BCUT2D eigenvalue weighted by atomic mass is 32.2. The molecule has 0 radical (unpaired) electrons. The lowest BCUT2D eigenvalue weighted by molar-refractivity contribution is -0.134. The minimum Gasteiger partial charge on any atom is -0.497 e. The fourth-order valence-corrected chi connectivity index (χ4v) is 5.03. The molecule has 176 valence electrons. The summed E-state index contributed by atoms with van der Waals surface area (Å²) in [4.78, 5) is 26.0. The van der Waals surface area contributed by atoms with Gasteiger partial charge >= 0.3 is 0 Å². The molecule has 1 atom stereocenters. The van der Waals surface area contributed by atoms with Crippen LogP contribution in [0.5, 0.6) is 17.2 Å². The highest BCUT2D eigenvalue weighted by Gasteiger charge is 2.32. The van der Waals surface area contributed by atoms with Crippen molar-refractivity contribution in [3.8, 4) is 17.2 Å². The third-order valence-electron chi connectivity index (χ3n) is 5.53. The number of ether oxygens (including phenoxy) is 3. The molecule has 33 heavy (non-hydrogen) atoms. The van der Waals surface area contributed by atoms with E-state index in [0.717, 1.165) is 0 Å². The molecule has 0 aromatic heterocycles. The van der Waals surface area contributed by atoms with Crippen molar-refractivity contribution in [1.29, 1.82) is 0 Å². The smallest absolute Gasteiger partial charge is 0.265 e. The molecule has 2 aliphatic heterocycles. The number of methoxy groups -OCH3 is 1.